The van der Waals surface area contributed by atoms with Gasteiger partial charge in [0, 0.05) is 5.75 Å². The summed E-state index contributed by atoms with van der Waals surface area (Å²) < 4.78 is 0. The van der Waals surface area contributed by atoms with E-state index in [2.05, 4.69) is 32.0 Å². The molecule has 0 fully saturated rings. The van der Waals surface area contributed by atoms with E-state index in [9.17, 15) is 5.11 Å². The summed E-state index contributed by atoms with van der Waals surface area (Å²) in [4.78, 5) is 0. The maximum Gasteiger partial charge on any atom is 0.0670 e. The minimum Gasteiger partial charge on any atom is -0.392 e. The van der Waals surface area contributed by atoms with Crippen LogP contribution in [0.5, 0.6) is 0 Å². The van der Waals surface area contributed by atoms with E-state index in [1.165, 1.54) is 36.0 Å². The second kappa shape index (κ2) is 5.92. The lowest BCUT2D eigenvalue weighted by Gasteiger charge is -2.13. The highest BCUT2D eigenvalue weighted by Gasteiger charge is 2.12. The fraction of sp³-hybridized carbons (Fsp3) is 0.600. The SMILES string of the molecule is CC(C)SCC(O)Cc1ccc2c(c1)CCC2. The Morgan fingerprint density at radius 2 is 2.00 bits per heavy atom. The second-order valence-electron chi connectivity index (χ2n) is 5.20. The number of aryl methyl sites for hydroxylation is 2. The third kappa shape index (κ3) is 3.75. The smallest absolute Gasteiger partial charge is 0.0670 e. The van der Waals surface area contributed by atoms with Gasteiger partial charge < -0.3 is 5.11 Å². The Kier molecular flexibility index (Phi) is 4.52. The fourth-order valence-electron chi connectivity index (χ4n) is 2.39. The van der Waals surface area contributed by atoms with Gasteiger partial charge in [-0.05, 0) is 47.6 Å². The van der Waals surface area contributed by atoms with Crippen molar-refractivity contribution in [1.82, 2.24) is 0 Å². The maximum absolute atomic E-state index is 9.98. The highest BCUT2D eigenvalue weighted by molar-refractivity contribution is 7.99. The van der Waals surface area contributed by atoms with Crippen LogP contribution in [0.3, 0.4) is 0 Å². The number of benzene rings is 1. The van der Waals surface area contributed by atoms with Crippen molar-refractivity contribution in [2.45, 2.75) is 50.9 Å². The van der Waals surface area contributed by atoms with Crippen LogP contribution in [0.1, 0.15) is 37.0 Å². The molecular formula is C15H22OS. The third-order valence-electron chi connectivity index (χ3n) is 3.26. The molecule has 0 aliphatic heterocycles. The van der Waals surface area contributed by atoms with Gasteiger partial charge in [-0.25, -0.2) is 0 Å². The van der Waals surface area contributed by atoms with Gasteiger partial charge in [-0.3, -0.25) is 0 Å². The summed E-state index contributed by atoms with van der Waals surface area (Å²) in [5.74, 6) is 0.842. The molecule has 0 saturated carbocycles. The van der Waals surface area contributed by atoms with Crippen LogP contribution in [0.2, 0.25) is 0 Å². The zero-order valence-corrected chi connectivity index (χ0v) is 11.6. The molecule has 1 aromatic carbocycles. The van der Waals surface area contributed by atoms with Crippen molar-refractivity contribution >= 4 is 11.8 Å². The Morgan fingerprint density at radius 1 is 1.24 bits per heavy atom. The maximum atomic E-state index is 9.98. The monoisotopic (exact) mass is 250 g/mol. The summed E-state index contributed by atoms with van der Waals surface area (Å²) in [7, 11) is 0. The Labute approximate surface area is 109 Å². The molecule has 1 aromatic rings. The first-order chi connectivity index (χ1) is 8.15. The first-order valence-electron chi connectivity index (χ1n) is 6.55. The standard InChI is InChI=1S/C15H22OS/c1-11(2)17-10-15(16)9-12-6-7-13-4-3-5-14(13)8-12/h6-8,11,15-16H,3-5,9-10H2,1-2H3. The summed E-state index contributed by atoms with van der Waals surface area (Å²) in [6.07, 6.45) is 4.35. The second-order valence-corrected chi connectivity index (χ2v) is 6.81. The molecule has 1 nitrogen and oxygen atoms in total. The lowest BCUT2D eigenvalue weighted by atomic mass is 10.0. The van der Waals surface area contributed by atoms with Crippen LogP contribution in [-0.2, 0) is 19.3 Å². The molecular weight excluding hydrogens is 228 g/mol. The lowest BCUT2D eigenvalue weighted by Crippen LogP contribution is -2.15. The molecule has 17 heavy (non-hydrogen) atoms. The molecule has 0 saturated heterocycles. The van der Waals surface area contributed by atoms with E-state index >= 15 is 0 Å². The average Bonchev–Trinajstić information content (AvgIpc) is 2.73. The Bertz CT molecular complexity index is 373. The first-order valence-corrected chi connectivity index (χ1v) is 7.60. The molecule has 2 heteroatoms. The van der Waals surface area contributed by atoms with Gasteiger partial charge in [0.25, 0.3) is 0 Å². The number of aliphatic hydroxyl groups excluding tert-OH is 1. The van der Waals surface area contributed by atoms with Gasteiger partial charge in [0.1, 0.15) is 0 Å². The van der Waals surface area contributed by atoms with Crippen LogP contribution in [0, 0.1) is 0 Å². The molecule has 0 heterocycles. The summed E-state index contributed by atoms with van der Waals surface area (Å²) >= 11 is 1.83. The highest BCUT2D eigenvalue weighted by Crippen LogP contribution is 2.23. The highest BCUT2D eigenvalue weighted by atomic mass is 32.2. The van der Waals surface area contributed by atoms with Gasteiger partial charge in [-0.1, -0.05) is 32.0 Å². The van der Waals surface area contributed by atoms with Crippen LogP contribution in [0.15, 0.2) is 18.2 Å². The van der Waals surface area contributed by atoms with Crippen LogP contribution >= 0.6 is 11.8 Å². The summed E-state index contributed by atoms with van der Waals surface area (Å²) in [5, 5.41) is 10.6. The van der Waals surface area contributed by atoms with Crippen molar-refractivity contribution in [1.29, 1.82) is 0 Å². The molecule has 0 spiro atoms. The number of thioether (sulfide) groups is 1. The molecule has 2 rings (SSSR count). The van der Waals surface area contributed by atoms with Gasteiger partial charge in [-0.2, -0.15) is 11.8 Å². The zero-order valence-electron chi connectivity index (χ0n) is 10.8. The number of aliphatic hydroxyl groups is 1. The summed E-state index contributed by atoms with van der Waals surface area (Å²) in [6, 6.07) is 6.74. The van der Waals surface area contributed by atoms with Gasteiger partial charge in [0.05, 0.1) is 6.10 Å². The number of hydrogen-bond donors (Lipinski definition) is 1. The Hall–Kier alpha value is -0.470. The molecule has 1 atom stereocenters. The van der Waals surface area contributed by atoms with Crippen molar-refractivity contribution in [3.05, 3.63) is 34.9 Å². The van der Waals surface area contributed by atoms with Crippen LogP contribution in [0.4, 0.5) is 0 Å². The predicted octanol–water partition coefficient (Wildman–Crippen LogP) is 3.22. The van der Waals surface area contributed by atoms with E-state index in [0.717, 1.165) is 12.2 Å². The van der Waals surface area contributed by atoms with Gasteiger partial charge in [0.2, 0.25) is 0 Å². The minimum atomic E-state index is -0.207. The van der Waals surface area contributed by atoms with Gasteiger partial charge in [-0.15, -0.1) is 0 Å². The van der Waals surface area contributed by atoms with Crippen molar-refractivity contribution < 1.29 is 5.11 Å². The molecule has 0 amide bonds. The lowest BCUT2D eigenvalue weighted by molar-refractivity contribution is 0.200. The zero-order chi connectivity index (χ0) is 12.3. The average molecular weight is 250 g/mol. The van der Waals surface area contributed by atoms with Crippen LogP contribution in [-0.4, -0.2) is 22.2 Å². The number of fused-ring (bicyclic) bond motifs is 1. The molecule has 1 aliphatic rings. The van der Waals surface area contributed by atoms with Crippen LogP contribution in [0.25, 0.3) is 0 Å². The molecule has 1 N–H and O–H groups in total. The number of hydrogen-bond acceptors (Lipinski definition) is 2. The van der Waals surface area contributed by atoms with E-state index in [1.54, 1.807) is 0 Å². The normalized spacial score (nSPS) is 16.2. The molecule has 0 radical (unpaired) electrons. The molecule has 0 bridgehead atoms. The third-order valence-corrected chi connectivity index (χ3v) is 4.50. The Morgan fingerprint density at radius 3 is 2.76 bits per heavy atom. The predicted molar refractivity (Wildman–Crippen MR) is 75.8 cm³/mol. The van der Waals surface area contributed by atoms with E-state index < -0.39 is 0 Å². The van der Waals surface area contributed by atoms with E-state index in [4.69, 9.17) is 0 Å². The number of rotatable bonds is 5. The first kappa shape index (κ1) is 13.0. The van der Waals surface area contributed by atoms with Crippen molar-refractivity contribution in [2.75, 3.05) is 5.75 Å². The van der Waals surface area contributed by atoms with Crippen molar-refractivity contribution in [3.63, 3.8) is 0 Å². The quantitative estimate of drug-likeness (QED) is 0.866. The van der Waals surface area contributed by atoms with Crippen LogP contribution < -0.4 is 0 Å². The molecule has 1 aliphatic carbocycles. The van der Waals surface area contributed by atoms with E-state index in [1.807, 2.05) is 11.8 Å². The fourth-order valence-corrected chi connectivity index (χ4v) is 3.11. The van der Waals surface area contributed by atoms with E-state index in [0.29, 0.717) is 5.25 Å². The molecule has 0 aromatic heterocycles. The van der Waals surface area contributed by atoms with Crippen molar-refractivity contribution in [2.24, 2.45) is 0 Å². The summed E-state index contributed by atoms with van der Waals surface area (Å²) in [6.45, 7) is 4.35. The Balaban J connectivity index is 1.90. The van der Waals surface area contributed by atoms with Crippen molar-refractivity contribution in [3.8, 4) is 0 Å². The molecule has 1 unspecified atom stereocenters. The largest absolute Gasteiger partial charge is 0.392 e. The molecule has 94 valence electrons. The van der Waals surface area contributed by atoms with Gasteiger partial charge >= 0.3 is 0 Å². The van der Waals surface area contributed by atoms with Gasteiger partial charge in [0.15, 0.2) is 0 Å². The topological polar surface area (TPSA) is 20.2 Å². The summed E-state index contributed by atoms with van der Waals surface area (Å²) in [5.41, 5.74) is 4.31. The minimum absolute atomic E-state index is 0.207. The van der Waals surface area contributed by atoms with E-state index in [-0.39, 0.29) is 6.10 Å².